The lowest BCUT2D eigenvalue weighted by Crippen LogP contribution is -2.41. The fraction of sp³-hybridized carbons (Fsp3) is 0.933. The Morgan fingerprint density at radius 1 is 1.26 bits per heavy atom. The highest BCUT2D eigenvalue weighted by Gasteiger charge is 2.42. The van der Waals surface area contributed by atoms with Crippen LogP contribution < -0.4 is 5.73 Å². The van der Waals surface area contributed by atoms with Gasteiger partial charge >= 0.3 is 0 Å². The molecule has 2 N–H and O–H groups in total. The van der Waals surface area contributed by atoms with E-state index in [1.54, 1.807) is 0 Å². The number of nitrogens with two attached hydrogens (primary N) is 1. The highest BCUT2D eigenvalue weighted by atomic mass is 16.5. The van der Waals surface area contributed by atoms with Gasteiger partial charge in [0.15, 0.2) is 0 Å². The Morgan fingerprint density at radius 3 is 2.26 bits per heavy atom. The van der Waals surface area contributed by atoms with Crippen LogP contribution in [0.25, 0.3) is 0 Å². The van der Waals surface area contributed by atoms with Gasteiger partial charge in [-0.05, 0) is 32.1 Å². The lowest BCUT2D eigenvalue weighted by atomic mass is 9.88. The molecule has 1 aliphatic rings. The SMILES string of the molecule is CC(C)C(N)CCN(C)C(=O)C1C(C)OC(C)C1C. The van der Waals surface area contributed by atoms with Crippen molar-refractivity contribution >= 4 is 5.91 Å². The van der Waals surface area contributed by atoms with E-state index in [0.717, 1.165) is 13.0 Å². The largest absolute Gasteiger partial charge is 0.374 e. The summed E-state index contributed by atoms with van der Waals surface area (Å²) in [6.45, 7) is 11.1. The Balaban J connectivity index is 2.53. The highest BCUT2D eigenvalue weighted by molar-refractivity contribution is 5.79. The number of hydrogen-bond acceptors (Lipinski definition) is 3. The van der Waals surface area contributed by atoms with Crippen molar-refractivity contribution in [3.63, 3.8) is 0 Å². The minimum absolute atomic E-state index is 0.0127. The summed E-state index contributed by atoms with van der Waals surface area (Å²) in [6, 6.07) is 0.156. The standard InChI is InChI=1S/C15H30N2O2/c1-9(2)13(16)7-8-17(6)15(18)14-10(3)11(4)19-12(14)5/h9-14H,7-8,16H2,1-6H3. The lowest BCUT2D eigenvalue weighted by Gasteiger charge is -2.26. The molecule has 0 aliphatic carbocycles. The Labute approximate surface area is 117 Å². The second-order valence-corrected chi connectivity index (χ2v) is 6.39. The van der Waals surface area contributed by atoms with Crippen molar-refractivity contribution in [1.82, 2.24) is 4.90 Å². The Kier molecular flexibility index (Phi) is 5.81. The molecule has 1 aliphatic heterocycles. The highest BCUT2D eigenvalue weighted by Crippen LogP contribution is 2.33. The van der Waals surface area contributed by atoms with Gasteiger partial charge in [0.1, 0.15) is 0 Å². The van der Waals surface area contributed by atoms with E-state index in [2.05, 4.69) is 20.8 Å². The van der Waals surface area contributed by atoms with Crippen LogP contribution in [0, 0.1) is 17.8 Å². The van der Waals surface area contributed by atoms with Gasteiger partial charge < -0.3 is 15.4 Å². The van der Waals surface area contributed by atoms with Crippen molar-refractivity contribution in [3.05, 3.63) is 0 Å². The van der Waals surface area contributed by atoms with Crippen molar-refractivity contribution in [2.45, 2.75) is 59.3 Å². The molecular weight excluding hydrogens is 240 g/mol. The molecule has 19 heavy (non-hydrogen) atoms. The molecule has 0 aromatic heterocycles. The minimum atomic E-state index is -0.0183. The van der Waals surface area contributed by atoms with Crippen LogP contribution >= 0.6 is 0 Å². The molecule has 0 bridgehead atoms. The molecule has 4 nitrogen and oxygen atoms in total. The van der Waals surface area contributed by atoms with Crippen molar-refractivity contribution in [3.8, 4) is 0 Å². The predicted molar refractivity (Wildman–Crippen MR) is 77.7 cm³/mol. The molecule has 4 heteroatoms. The number of amides is 1. The summed E-state index contributed by atoms with van der Waals surface area (Å²) in [4.78, 5) is 14.3. The first kappa shape index (κ1) is 16.4. The van der Waals surface area contributed by atoms with Crippen LogP contribution in [0.4, 0.5) is 0 Å². The van der Waals surface area contributed by atoms with Crippen molar-refractivity contribution < 1.29 is 9.53 Å². The predicted octanol–water partition coefficient (Wildman–Crippen LogP) is 1.88. The zero-order valence-corrected chi connectivity index (χ0v) is 13.2. The van der Waals surface area contributed by atoms with Crippen LogP contribution in [-0.4, -0.2) is 42.6 Å². The fourth-order valence-electron chi connectivity index (χ4n) is 2.73. The summed E-state index contributed by atoms with van der Waals surface area (Å²) in [6.07, 6.45) is 1.03. The molecule has 112 valence electrons. The second kappa shape index (κ2) is 6.71. The second-order valence-electron chi connectivity index (χ2n) is 6.39. The molecule has 0 radical (unpaired) electrons. The molecule has 1 amide bonds. The third-order valence-electron chi connectivity index (χ3n) is 4.56. The summed E-state index contributed by atoms with van der Waals surface area (Å²) >= 11 is 0. The van der Waals surface area contributed by atoms with E-state index in [1.807, 2.05) is 25.8 Å². The van der Waals surface area contributed by atoms with E-state index in [4.69, 9.17) is 10.5 Å². The molecule has 0 saturated carbocycles. The van der Waals surface area contributed by atoms with Crippen LogP contribution in [0.1, 0.15) is 41.0 Å². The first-order valence-corrected chi connectivity index (χ1v) is 7.41. The minimum Gasteiger partial charge on any atom is -0.374 e. The van der Waals surface area contributed by atoms with E-state index < -0.39 is 0 Å². The van der Waals surface area contributed by atoms with Gasteiger partial charge in [0.05, 0.1) is 18.1 Å². The Morgan fingerprint density at radius 2 is 1.84 bits per heavy atom. The first-order chi connectivity index (χ1) is 8.75. The molecular formula is C15H30N2O2. The van der Waals surface area contributed by atoms with E-state index >= 15 is 0 Å². The van der Waals surface area contributed by atoms with Crippen LogP contribution in [0.5, 0.6) is 0 Å². The quantitative estimate of drug-likeness (QED) is 0.830. The zero-order chi connectivity index (χ0) is 14.7. The number of hydrogen-bond donors (Lipinski definition) is 1. The van der Waals surface area contributed by atoms with E-state index in [9.17, 15) is 4.79 Å². The van der Waals surface area contributed by atoms with E-state index in [0.29, 0.717) is 5.92 Å². The number of carbonyl (C=O) groups is 1. The van der Waals surface area contributed by atoms with Gasteiger partial charge in [0, 0.05) is 19.6 Å². The molecule has 0 spiro atoms. The summed E-state index contributed by atoms with van der Waals surface area (Å²) in [7, 11) is 1.87. The molecule has 1 saturated heterocycles. The van der Waals surface area contributed by atoms with Gasteiger partial charge in [-0.25, -0.2) is 0 Å². The average molecular weight is 270 g/mol. The molecule has 1 heterocycles. The first-order valence-electron chi connectivity index (χ1n) is 7.41. The molecule has 1 fully saturated rings. The van der Waals surface area contributed by atoms with Crippen molar-refractivity contribution in [1.29, 1.82) is 0 Å². The lowest BCUT2D eigenvalue weighted by molar-refractivity contribution is -0.136. The third kappa shape index (κ3) is 3.93. The maximum absolute atomic E-state index is 12.5. The smallest absolute Gasteiger partial charge is 0.228 e. The van der Waals surface area contributed by atoms with Gasteiger partial charge in [-0.2, -0.15) is 0 Å². The molecule has 0 aromatic rings. The summed E-state index contributed by atoms with van der Waals surface area (Å²) in [5, 5.41) is 0. The maximum atomic E-state index is 12.5. The van der Waals surface area contributed by atoms with Crippen LogP contribution in [-0.2, 0) is 9.53 Å². The van der Waals surface area contributed by atoms with Gasteiger partial charge in [-0.1, -0.05) is 20.8 Å². The van der Waals surface area contributed by atoms with Gasteiger partial charge in [-0.15, -0.1) is 0 Å². The number of nitrogens with zero attached hydrogens (tertiary/aromatic N) is 1. The fourth-order valence-corrected chi connectivity index (χ4v) is 2.73. The van der Waals surface area contributed by atoms with Gasteiger partial charge in [0.25, 0.3) is 0 Å². The Bertz CT molecular complexity index is 307. The number of carbonyl (C=O) groups excluding carboxylic acids is 1. The van der Waals surface area contributed by atoms with Crippen LogP contribution in [0.3, 0.4) is 0 Å². The Hall–Kier alpha value is -0.610. The van der Waals surface area contributed by atoms with Crippen LogP contribution in [0.15, 0.2) is 0 Å². The summed E-state index contributed by atoms with van der Waals surface area (Å²) in [5.74, 6) is 0.912. The third-order valence-corrected chi connectivity index (χ3v) is 4.56. The van der Waals surface area contributed by atoms with Gasteiger partial charge in [0.2, 0.25) is 5.91 Å². The monoisotopic (exact) mass is 270 g/mol. The summed E-state index contributed by atoms with van der Waals surface area (Å²) in [5.41, 5.74) is 6.03. The number of rotatable bonds is 5. The van der Waals surface area contributed by atoms with Crippen molar-refractivity contribution in [2.75, 3.05) is 13.6 Å². The van der Waals surface area contributed by atoms with Crippen molar-refractivity contribution in [2.24, 2.45) is 23.5 Å². The normalized spacial score (nSPS) is 32.6. The number of ether oxygens (including phenoxy) is 1. The average Bonchev–Trinajstić information content (AvgIpc) is 2.58. The van der Waals surface area contributed by atoms with E-state index in [1.165, 1.54) is 0 Å². The topological polar surface area (TPSA) is 55.6 Å². The molecule has 0 aromatic carbocycles. The molecule has 5 unspecified atom stereocenters. The van der Waals surface area contributed by atoms with Crippen LogP contribution in [0.2, 0.25) is 0 Å². The zero-order valence-electron chi connectivity index (χ0n) is 13.2. The summed E-state index contributed by atoms with van der Waals surface area (Å²) < 4.78 is 5.75. The van der Waals surface area contributed by atoms with E-state index in [-0.39, 0.29) is 36.0 Å². The maximum Gasteiger partial charge on any atom is 0.228 e. The molecule has 1 rings (SSSR count). The molecule has 5 atom stereocenters. The van der Waals surface area contributed by atoms with Gasteiger partial charge in [-0.3, -0.25) is 4.79 Å².